The number of hydrogen-bond acceptors (Lipinski definition) is 2. The first-order chi connectivity index (χ1) is 5.91. The van der Waals surface area contributed by atoms with Crippen LogP contribution >= 0.6 is 12.4 Å². The fraction of sp³-hybridized carbons (Fsp3) is 0.857. The van der Waals surface area contributed by atoms with Crippen LogP contribution in [0.4, 0.5) is 13.2 Å². The maximum absolute atomic E-state index is 11.8. The Morgan fingerprint density at radius 3 is 2.36 bits per heavy atom. The third-order valence-corrected chi connectivity index (χ3v) is 2.09. The Balaban J connectivity index is 0.00000169. The first kappa shape index (κ1) is 13.5. The van der Waals surface area contributed by atoms with E-state index in [4.69, 9.17) is 0 Å². The van der Waals surface area contributed by atoms with Crippen LogP contribution in [-0.4, -0.2) is 31.2 Å². The van der Waals surface area contributed by atoms with Gasteiger partial charge in [0.05, 0.1) is 0 Å². The lowest BCUT2D eigenvalue weighted by Crippen LogP contribution is -2.46. The van der Waals surface area contributed by atoms with Crippen molar-refractivity contribution in [3.8, 4) is 0 Å². The minimum absolute atomic E-state index is 0. The molecule has 0 aromatic carbocycles. The molecule has 84 valence electrons. The van der Waals surface area contributed by atoms with E-state index >= 15 is 0 Å². The van der Waals surface area contributed by atoms with Crippen LogP contribution in [0.15, 0.2) is 0 Å². The summed E-state index contributed by atoms with van der Waals surface area (Å²) in [4.78, 5) is 10.5. The molecule has 2 unspecified atom stereocenters. The first-order valence-electron chi connectivity index (χ1n) is 3.99. The van der Waals surface area contributed by atoms with E-state index in [1.165, 1.54) is 0 Å². The van der Waals surface area contributed by atoms with E-state index in [2.05, 4.69) is 5.32 Å². The Bertz CT molecular complexity index is 210. The molecule has 1 fully saturated rings. The number of carbonyl (C=O) groups is 1. The van der Waals surface area contributed by atoms with E-state index < -0.39 is 18.1 Å². The van der Waals surface area contributed by atoms with Crippen molar-refractivity contribution >= 4 is 18.3 Å². The molecule has 1 saturated heterocycles. The molecule has 0 radical (unpaired) electrons. The lowest BCUT2D eigenvalue weighted by Gasteiger charge is -2.16. The van der Waals surface area contributed by atoms with Crippen LogP contribution < -0.4 is 10.6 Å². The van der Waals surface area contributed by atoms with Crippen LogP contribution in [0.25, 0.3) is 0 Å². The Kier molecular flexibility index (Phi) is 4.67. The second-order valence-electron chi connectivity index (χ2n) is 3.21. The smallest absolute Gasteiger partial charge is 0.344 e. The molecule has 1 heterocycles. The van der Waals surface area contributed by atoms with Crippen LogP contribution in [-0.2, 0) is 4.79 Å². The summed E-state index contributed by atoms with van der Waals surface area (Å²) in [6, 6.07) is -0.408. The summed E-state index contributed by atoms with van der Waals surface area (Å²) < 4.78 is 35.4. The van der Waals surface area contributed by atoms with E-state index in [9.17, 15) is 18.0 Å². The molecular formula is C7H12ClF3N2O. The molecule has 0 aliphatic carbocycles. The number of rotatable bonds is 1. The number of alkyl halides is 3. The zero-order valence-electron chi connectivity index (χ0n) is 7.52. The fourth-order valence-electron chi connectivity index (χ4n) is 1.25. The molecular weight excluding hydrogens is 221 g/mol. The average Bonchev–Trinajstić information content (AvgIpc) is 2.34. The molecule has 1 amide bonds. The molecule has 3 nitrogen and oxygen atoms in total. The third-order valence-electron chi connectivity index (χ3n) is 2.09. The second-order valence-corrected chi connectivity index (χ2v) is 3.21. The summed E-state index contributed by atoms with van der Waals surface area (Å²) in [6.07, 6.45) is -4.78. The van der Waals surface area contributed by atoms with Gasteiger partial charge >= 0.3 is 12.1 Å². The predicted molar refractivity (Wildman–Crippen MR) is 47.3 cm³/mol. The average molecular weight is 233 g/mol. The van der Waals surface area contributed by atoms with Crippen LogP contribution in [0.1, 0.15) is 6.92 Å². The molecule has 0 saturated carbocycles. The van der Waals surface area contributed by atoms with Gasteiger partial charge in [0.1, 0.15) is 0 Å². The Hall–Kier alpha value is -0.490. The van der Waals surface area contributed by atoms with Crippen LogP contribution in [0.3, 0.4) is 0 Å². The minimum Gasteiger partial charge on any atom is -0.344 e. The highest BCUT2D eigenvalue weighted by molar-refractivity contribution is 5.85. The molecule has 14 heavy (non-hydrogen) atoms. The highest BCUT2D eigenvalue weighted by Gasteiger charge is 2.40. The topological polar surface area (TPSA) is 41.1 Å². The standard InChI is InChI=1S/C7H11F3N2O.ClH/c1-4-2-11-3-5(4)12-6(13)7(8,9)10;/h4-5,11H,2-3H2,1H3,(H,12,13);1H. The monoisotopic (exact) mass is 232 g/mol. The summed E-state index contributed by atoms with van der Waals surface area (Å²) >= 11 is 0. The van der Waals surface area contributed by atoms with Gasteiger partial charge in [0, 0.05) is 12.6 Å². The van der Waals surface area contributed by atoms with Gasteiger partial charge in [0.2, 0.25) is 0 Å². The first-order valence-corrected chi connectivity index (χ1v) is 3.99. The summed E-state index contributed by atoms with van der Waals surface area (Å²) in [5.41, 5.74) is 0. The quantitative estimate of drug-likeness (QED) is 0.699. The van der Waals surface area contributed by atoms with Gasteiger partial charge in [0.15, 0.2) is 0 Å². The van der Waals surface area contributed by atoms with Crippen molar-refractivity contribution in [2.75, 3.05) is 13.1 Å². The molecule has 1 aliphatic heterocycles. The number of nitrogens with one attached hydrogen (secondary N) is 2. The largest absolute Gasteiger partial charge is 0.471 e. The van der Waals surface area contributed by atoms with Crippen molar-refractivity contribution in [2.24, 2.45) is 5.92 Å². The molecule has 2 N–H and O–H groups in total. The van der Waals surface area contributed by atoms with Crippen molar-refractivity contribution in [3.05, 3.63) is 0 Å². The van der Waals surface area contributed by atoms with E-state index in [1.54, 1.807) is 6.92 Å². The zero-order chi connectivity index (χ0) is 10.1. The summed E-state index contributed by atoms with van der Waals surface area (Å²) in [5.74, 6) is -1.81. The van der Waals surface area contributed by atoms with E-state index in [1.807, 2.05) is 5.32 Å². The van der Waals surface area contributed by atoms with Crippen LogP contribution in [0.5, 0.6) is 0 Å². The van der Waals surface area contributed by atoms with Gasteiger partial charge < -0.3 is 10.6 Å². The molecule has 2 atom stereocenters. The zero-order valence-corrected chi connectivity index (χ0v) is 8.34. The Morgan fingerprint density at radius 1 is 1.43 bits per heavy atom. The number of carbonyl (C=O) groups excluding carboxylic acids is 1. The van der Waals surface area contributed by atoms with Gasteiger partial charge in [-0.25, -0.2) is 0 Å². The number of halogens is 4. The van der Waals surface area contributed by atoms with Crippen molar-refractivity contribution in [1.82, 2.24) is 10.6 Å². The van der Waals surface area contributed by atoms with Crippen LogP contribution in [0.2, 0.25) is 0 Å². The van der Waals surface area contributed by atoms with Gasteiger partial charge in [0.25, 0.3) is 0 Å². The van der Waals surface area contributed by atoms with Gasteiger partial charge in [-0.2, -0.15) is 13.2 Å². The van der Waals surface area contributed by atoms with Crippen molar-refractivity contribution < 1.29 is 18.0 Å². The molecule has 0 bridgehead atoms. The molecule has 0 aromatic rings. The summed E-state index contributed by atoms with van der Waals surface area (Å²) in [5, 5.41) is 4.84. The number of hydrogen-bond donors (Lipinski definition) is 2. The Morgan fingerprint density at radius 2 is 2.00 bits per heavy atom. The summed E-state index contributed by atoms with van der Waals surface area (Å²) in [6.45, 7) is 2.84. The third kappa shape index (κ3) is 3.34. The lowest BCUT2D eigenvalue weighted by atomic mass is 10.1. The van der Waals surface area contributed by atoms with Gasteiger partial charge in [-0.3, -0.25) is 4.79 Å². The van der Waals surface area contributed by atoms with Crippen molar-refractivity contribution in [2.45, 2.75) is 19.1 Å². The Labute approximate surface area is 85.8 Å². The second kappa shape index (κ2) is 4.84. The van der Waals surface area contributed by atoms with Gasteiger partial charge in [-0.15, -0.1) is 12.4 Å². The van der Waals surface area contributed by atoms with E-state index in [0.29, 0.717) is 13.1 Å². The van der Waals surface area contributed by atoms with Crippen LogP contribution in [0, 0.1) is 5.92 Å². The highest BCUT2D eigenvalue weighted by atomic mass is 35.5. The minimum atomic E-state index is -4.78. The SMILES string of the molecule is CC1CNCC1NC(=O)C(F)(F)F.Cl. The fourth-order valence-corrected chi connectivity index (χ4v) is 1.25. The molecule has 0 aromatic heterocycles. The molecule has 1 rings (SSSR count). The van der Waals surface area contributed by atoms with Crippen molar-refractivity contribution in [3.63, 3.8) is 0 Å². The van der Waals surface area contributed by atoms with Crippen molar-refractivity contribution in [1.29, 1.82) is 0 Å². The number of amides is 1. The molecule has 7 heteroatoms. The van der Waals surface area contributed by atoms with E-state index in [-0.39, 0.29) is 18.3 Å². The maximum Gasteiger partial charge on any atom is 0.471 e. The molecule has 0 spiro atoms. The maximum atomic E-state index is 11.8. The predicted octanol–water partition coefficient (Wildman–Crippen LogP) is 0.695. The van der Waals surface area contributed by atoms with Gasteiger partial charge in [-0.05, 0) is 12.5 Å². The summed E-state index contributed by atoms with van der Waals surface area (Å²) in [7, 11) is 0. The normalized spacial score (nSPS) is 26.9. The molecule has 1 aliphatic rings. The highest BCUT2D eigenvalue weighted by Crippen LogP contribution is 2.16. The lowest BCUT2D eigenvalue weighted by molar-refractivity contribution is -0.174. The van der Waals surface area contributed by atoms with E-state index in [0.717, 1.165) is 0 Å². The van der Waals surface area contributed by atoms with Gasteiger partial charge in [-0.1, -0.05) is 6.92 Å².